The molecule has 0 aliphatic carbocycles. The second-order valence-electron chi connectivity index (χ2n) is 5.47. The van der Waals surface area contributed by atoms with E-state index in [1.165, 1.54) is 0 Å². The molecule has 2 atom stereocenters. The summed E-state index contributed by atoms with van der Waals surface area (Å²) < 4.78 is 1.72. The first-order valence-electron chi connectivity index (χ1n) is 7.38. The highest BCUT2D eigenvalue weighted by Crippen LogP contribution is 2.11. The van der Waals surface area contributed by atoms with Crippen LogP contribution in [0, 0.1) is 0 Å². The zero-order valence-corrected chi connectivity index (χ0v) is 12.1. The second kappa shape index (κ2) is 6.10. The van der Waals surface area contributed by atoms with Crippen molar-refractivity contribution < 1.29 is 4.79 Å². The lowest BCUT2D eigenvalue weighted by Gasteiger charge is -2.30. The second-order valence-corrected chi connectivity index (χ2v) is 5.47. The van der Waals surface area contributed by atoms with E-state index in [1.807, 2.05) is 30.3 Å². The van der Waals surface area contributed by atoms with Gasteiger partial charge in [-0.05, 0) is 38.4 Å². The van der Waals surface area contributed by atoms with Crippen molar-refractivity contribution in [3.63, 3.8) is 0 Å². The van der Waals surface area contributed by atoms with Crippen LogP contribution in [0.15, 0.2) is 42.7 Å². The third-order valence-corrected chi connectivity index (χ3v) is 3.94. The molecule has 1 aromatic carbocycles. The predicted molar refractivity (Wildman–Crippen MR) is 81.5 cm³/mol. The van der Waals surface area contributed by atoms with Crippen LogP contribution in [0.2, 0.25) is 0 Å². The summed E-state index contributed by atoms with van der Waals surface area (Å²) in [4.78, 5) is 12.3. The Hall–Kier alpha value is -2.14. The van der Waals surface area contributed by atoms with Gasteiger partial charge in [-0.2, -0.15) is 5.10 Å². The quantitative estimate of drug-likeness (QED) is 0.902. The van der Waals surface area contributed by atoms with Crippen LogP contribution in [0.4, 0.5) is 0 Å². The fraction of sp³-hybridized carbons (Fsp3) is 0.375. The molecule has 2 unspecified atom stereocenters. The molecule has 2 heterocycles. The number of hydrogen-bond donors (Lipinski definition) is 2. The Morgan fingerprint density at radius 2 is 2.19 bits per heavy atom. The first-order valence-corrected chi connectivity index (χ1v) is 7.38. The van der Waals surface area contributed by atoms with Crippen LogP contribution in [-0.4, -0.2) is 34.3 Å². The Labute approximate surface area is 124 Å². The van der Waals surface area contributed by atoms with E-state index in [-0.39, 0.29) is 11.9 Å². The molecule has 110 valence electrons. The van der Waals surface area contributed by atoms with Crippen LogP contribution in [0.3, 0.4) is 0 Å². The van der Waals surface area contributed by atoms with Gasteiger partial charge in [0.25, 0.3) is 5.91 Å². The van der Waals surface area contributed by atoms with Crippen LogP contribution < -0.4 is 10.6 Å². The number of carbonyl (C=O) groups excluding carboxylic acids is 1. The molecule has 3 rings (SSSR count). The normalized spacial score (nSPS) is 22.0. The van der Waals surface area contributed by atoms with E-state index >= 15 is 0 Å². The first kappa shape index (κ1) is 13.8. The lowest BCUT2D eigenvalue weighted by molar-refractivity contribution is 0.0920. The van der Waals surface area contributed by atoms with Crippen molar-refractivity contribution in [3.8, 4) is 5.69 Å². The number of amides is 1. The topological polar surface area (TPSA) is 58.9 Å². The molecule has 1 saturated heterocycles. The van der Waals surface area contributed by atoms with Crippen molar-refractivity contribution >= 4 is 5.91 Å². The van der Waals surface area contributed by atoms with Crippen molar-refractivity contribution in [1.29, 1.82) is 0 Å². The summed E-state index contributed by atoms with van der Waals surface area (Å²) in [7, 11) is 0. The third kappa shape index (κ3) is 3.13. The maximum absolute atomic E-state index is 12.3. The van der Waals surface area contributed by atoms with Crippen LogP contribution in [0.25, 0.3) is 5.69 Å². The van der Waals surface area contributed by atoms with Gasteiger partial charge in [0.2, 0.25) is 0 Å². The van der Waals surface area contributed by atoms with Gasteiger partial charge in [0.1, 0.15) is 0 Å². The maximum Gasteiger partial charge on any atom is 0.254 e. The highest BCUT2D eigenvalue weighted by atomic mass is 16.1. The molecule has 1 aliphatic heterocycles. The molecule has 0 radical (unpaired) electrons. The van der Waals surface area contributed by atoms with Crippen molar-refractivity contribution in [2.24, 2.45) is 0 Å². The summed E-state index contributed by atoms with van der Waals surface area (Å²) in [6, 6.07) is 10.3. The minimum absolute atomic E-state index is 0.0577. The van der Waals surface area contributed by atoms with Gasteiger partial charge in [0.15, 0.2) is 0 Å². The minimum atomic E-state index is -0.0577. The Kier molecular flexibility index (Phi) is 4.01. The highest BCUT2D eigenvalue weighted by Gasteiger charge is 2.23. The van der Waals surface area contributed by atoms with Gasteiger partial charge in [-0.3, -0.25) is 4.79 Å². The Bertz CT molecular complexity index is 608. The van der Waals surface area contributed by atoms with Gasteiger partial charge in [0, 0.05) is 18.3 Å². The monoisotopic (exact) mass is 284 g/mol. The standard InChI is InChI=1S/C16H20N4O/c1-12-15(8-5-9-17-12)19-16(21)13-10-18-20(11-13)14-6-3-2-4-7-14/h2-4,6-7,10-12,15,17H,5,8-9H2,1H3,(H,19,21). The number of para-hydroxylation sites is 1. The largest absolute Gasteiger partial charge is 0.348 e. The molecule has 0 saturated carbocycles. The highest BCUT2D eigenvalue weighted by molar-refractivity contribution is 5.94. The number of rotatable bonds is 3. The number of nitrogens with zero attached hydrogens (tertiary/aromatic N) is 2. The number of piperidine rings is 1. The number of carbonyl (C=O) groups is 1. The SMILES string of the molecule is CC1NCCCC1NC(=O)c1cnn(-c2ccccc2)c1. The Balaban J connectivity index is 1.69. The molecular weight excluding hydrogens is 264 g/mol. The van der Waals surface area contributed by atoms with Gasteiger partial charge >= 0.3 is 0 Å². The molecule has 5 heteroatoms. The van der Waals surface area contributed by atoms with Gasteiger partial charge in [-0.25, -0.2) is 4.68 Å². The molecule has 2 aromatic rings. The summed E-state index contributed by atoms with van der Waals surface area (Å²) in [6.45, 7) is 3.14. The summed E-state index contributed by atoms with van der Waals surface area (Å²) in [5.74, 6) is -0.0577. The van der Waals surface area contributed by atoms with Crippen molar-refractivity contribution in [3.05, 3.63) is 48.3 Å². The number of benzene rings is 1. The van der Waals surface area contributed by atoms with Crippen molar-refractivity contribution in [2.45, 2.75) is 31.8 Å². The number of aromatic nitrogens is 2. The molecule has 1 aromatic heterocycles. The van der Waals surface area contributed by atoms with E-state index < -0.39 is 0 Å². The van der Waals surface area contributed by atoms with Crippen LogP contribution in [-0.2, 0) is 0 Å². The zero-order chi connectivity index (χ0) is 14.7. The summed E-state index contributed by atoms with van der Waals surface area (Å²) in [5.41, 5.74) is 1.54. The lowest BCUT2D eigenvalue weighted by Crippen LogP contribution is -2.51. The molecule has 1 amide bonds. The van der Waals surface area contributed by atoms with Gasteiger partial charge in [0.05, 0.1) is 17.4 Å². The molecule has 0 bridgehead atoms. The third-order valence-electron chi connectivity index (χ3n) is 3.94. The van der Waals surface area contributed by atoms with E-state index in [4.69, 9.17) is 0 Å². The average Bonchev–Trinajstić information content (AvgIpc) is 3.00. The van der Waals surface area contributed by atoms with E-state index in [1.54, 1.807) is 17.1 Å². The van der Waals surface area contributed by atoms with Crippen LogP contribution >= 0.6 is 0 Å². The predicted octanol–water partition coefficient (Wildman–Crippen LogP) is 1.74. The molecule has 21 heavy (non-hydrogen) atoms. The molecule has 0 spiro atoms. The van der Waals surface area contributed by atoms with E-state index in [0.717, 1.165) is 25.1 Å². The fourth-order valence-corrected chi connectivity index (χ4v) is 2.65. The minimum Gasteiger partial charge on any atom is -0.348 e. The Morgan fingerprint density at radius 3 is 2.95 bits per heavy atom. The molecular formula is C16H20N4O. The molecule has 1 fully saturated rings. The van der Waals surface area contributed by atoms with Crippen LogP contribution in [0.5, 0.6) is 0 Å². The first-order chi connectivity index (χ1) is 10.2. The smallest absolute Gasteiger partial charge is 0.254 e. The number of hydrogen-bond acceptors (Lipinski definition) is 3. The molecule has 2 N–H and O–H groups in total. The van der Waals surface area contributed by atoms with E-state index in [9.17, 15) is 4.79 Å². The number of nitrogens with one attached hydrogen (secondary N) is 2. The average molecular weight is 284 g/mol. The summed E-state index contributed by atoms with van der Waals surface area (Å²) >= 11 is 0. The van der Waals surface area contributed by atoms with Crippen LogP contribution in [0.1, 0.15) is 30.1 Å². The van der Waals surface area contributed by atoms with Gasteiger partial charge < -0.3 is 10.6 Å². The van der Waals surface area contributed by atoms with Gasteiger partial charge in [-0.1, -0.05) is 18.2 Å². The van der Waals surface area contributed by atoms with E-state index in [0.29, 0.717) is 11.6 Å². The maximum atomic E-state index is 12.3. The Morgan fingerprint density at radius 1 is 1.38 bits per heavy atom. The van der Waals surface area contributed by atoms with Crippen molar-refractivity contribution in [2.75, 3.05) is 6.54 Å². The summed E-state index contributed by atoms with van der Waals surface area (Å²) in [6.07, 6.45) is 5.50. The fourth-order valence-electron chi connectivity index (χ4n) is 2.65. The van der Waals surface area contributed by atoms with Crippen molar-refractivity contribution in [1.82, 2.24) is 20.4 Å². The summed E-state index contributed by atoms with van der Waals surface area (Å²) in [5, 5.41) is 10.7. The lowest BCUT2D eigenvalue weighted by atomic mass is 10.00. The zero-order valence-electron chi connectivity index (χ0n) is 12.1. The van der Waals surface area contributed by atoms with E-state index in [2.05, 4.69) is 22.7 Å². The molecule has 1 aliphatic rings. The molecule has 5 nitrogen and oxygen atoms in total. The van der Waals surface area contributed by atoms with Gasteiger partial charge in [-0.15, -0.1) is 0 Å².